The van der Waals surface area contributed by atoms with Crippen LogP contribution in [0.5, 0.6) is 5.88 Å². The van der Waals surface area contributed by atoms with Crippen molar-refractivity contribution in [2.75, 3.05) is 11.3 Å². The molecule has 0 unspecified atom stereocenters. The summed E-state index contributed by atoms with van der Waals surface area (Å²) in [5, 5.41) is 8.96. The second kappa shape index (κ2) is 6.46. The Bertz CT molecular complexity index is 712. The number of pyridine rings is 1. The van der Waals surface area contributed by atoms with Gasteiger partial charge in [0.1, 0.15) is 17.3 Å². The van der Waals surface area contributed by atoms with Crippen LogP contribution in [0.2, 0.25) is 0 Å². The maximum absolute atomic E-state index is 12.2. The molecule has 114 valence electrons. The Balaban J connectivity index is 2.22. The number of halogens is 1. The molecule has 0 saturated carbocycles. The molecule has 0 atom stereocenters. The number of aliphatic hydroxyl groups is 1. The number of aliphatic hydroxyl groups excluding tert-OH is 1. The number of sulfonamides is 1. The lowest BCUT2D eigenvalue weighted by atomic mass is 10.4. The summed E-state index contributed by atoms with van der Waals surface area (Å²) in [7, 11) is -3.84. The van der Waals surface area contributed by atoms with Crippen LogP contribution in [0.4, 0.5) is 5.69 Å². The van der Waals surface area contributed by atoms with Gasteiger partial charge in [0.2, 0.25) is 5.88 Å². The highest BCUT2D eigenvalue weighted by molar-refractivity contribution is 9.10. The summed E-state index contributed by atoms with van der Waals surface area (Å²) in [5.74, 6) is 0.555. The van der Waals surface area contributed by atoms with Crippen LogP contribution in [-0.4, -0.2) is 25.1 Å². The van der Waals surface area contributed by atoms with Crippen LogP contribution in [0.1, 0.15) is 12.7 Å². The number of hydrogen-bond donors (Lipinski definition) is 2. The van der Waals surface area contributed by atoms with Gasteiger partial charge < -0.3 is 14.3 Å². The number of nitrogens with zero attached hydrogens (tertiary/aromatic N) is 1. The van der Waals surface area contributed by atoms with E-state index in [1.54, 1.807) is 6.07 Å². The van der Waals surface area contributed by atoms with Crippen molar-refractivity contribution in [2.45, 2.75) is 18.4 Å². The minimum atomic E-state index is -3.84. The highest BCUT2D eigenvalue weighted by Gasteiger charge is 2.22. The Morgan fingerprint density at radius 3 is 2.76 bits per heavy atom. The first-order valence-corrected chi connectivity index (χ1v) is 8.24. The molecule has 0 spiro atoms. The topological polar surface area (TPSA) is 102 Å². The minimum absolute atomic E-state index is 0.0259. The fourth-order valence-corrected chi connectivity index (χ4v) is 3.59. The van der Waals surface area contributed by atoms with E-state index in [9.17, 15) is 8.42 Å². The van der Waals surface area contributed by atoms with Crippen molar-refractivity contribution < 1.29 is 22.7 Å². The first-order valence-electron chi connectivity index (χ1n) is 5.97. The third kappa shape index (κ3) is 3.74. The van der Waals surface area contributed by atoms with E-state index in [-0.39, 0.29) is 21.0 Å². The average Bonchev–Trinajstić information content (AvgIpc) is 2.83. The number of anilines is 1. The predicted octanol–water partition coefficient (Wildman–Crippen LogP) is 2.13. The van der Waals surface area contributed by atoms with Gasteiger partial charge in [-0.05, 0) is 28.9 Å². The predicted molar refractivity (Wildman–Crippen MR) is 78.5 cm³/mol. The Morgan fingerprint density at radius 2 is 2.24 bits per heavy atom. The Kier molecular flexibility index (Phi) is 4.86. The summed E-state index contributed by atoms with van der Waals surface area (Å²) in [6, 6.07) is 4.34. The van der Waals surface area contributed by atoms with Gasteiger partial charge in [0, 0.05) is 12.1 Å². The van der Waals surface area contributed by atoms with Crippen molar-refractivity contribution >= 4 is 31.6 Å². The van der Waals surface area contributed by atoms with E-state index in [1.165, 1.54) is 18.3 Å². The molecule has 2 aromatic heterocycles. The molecule has 0 fully saturated rings. The standard InChI is InChI=1S/C12H13BrN2O5S/c1-2-19-11-4-3-8(6-14-11)15-21(17,18)10-5-9(7-16)20-12(10)13/h3-6,15-16H,2,7H2,1H3. The zero-order chi connectivity index (χ0) is 15.5. The largest absolute Gasteiger partial charge is 0.478 e. The summed E-state index contributed by atoms with van der Waals surface area (Å²) in [5.41, 5.74) is 0.289. The van der Waals surface area contributed by atoms with Gasteiger partial charge in [0.25, 0.3) is 10.0 Å². The Morgan fingerprint density at radius 1 is 1.48 bits per heavy atom. The lowest BCUT2D eigenvalue weighted by Gasteiger charge is -2.07. The quantitative estimate of drug-likeness (QED) is 0.800. The fourth-order valence-electron chi connectivity index (χ4n) is 1.54. The van der Waals surface area contributed by atoms with Gasteiger partial charge in [0.05, 0.1) is 18.5 Å². The van der Waals surface area contributed by atoms with E-state index in [1.807, 2.05) is 6.92 Å². The van der Waals surface area contributed by atoms with Gasteiger partial charge >= 0.3 is 0 Å². The zero-order valence-electron chi connectivity index (χ0n) is 11.0. The van der Waals surface area contributed by atoms with Crippen molar-refractivity contribution in [1.29, 1.82) is 0 Å². The summed E-state index contributed by atoms with van der Waals surface area (Å²) in [6.07, 6.45) is 1.35. The summed E-state index contributed by atoms with van der Waals surface area (Å²) in [6.45, 7) is 1.91. The first kappa shape index (κ1) is 15.8. The molecule has 0 bridgehead atoms. The van der Waals surface area contributed by atoms with Crippen LogP contribution in [-0.2, 0) is 16.6 Å². The monoisotopic (exact) mass is 376 g/mol. The molecular formula is C12H13BrN2O5S. The van der Waals surface area contributed by atoms with Crippen molar-refractivity contribution in [3.63, 3.8) is 0 Å². The maximum atomic E-state index is 12.2. The van der Waals surface area contributed by atoms with Crippen LogP contribution in [0.15, 0.2) is 38.4 Å². The zero-order valence-corrected chi connectivity index (χ0v) is 13.4. The Hall–Kier alpha value is -1.58. The summed E-state index contributed by atoms with van der Waals surface area (Å²) in [4.78, 5) is 3.87. The van der Waals surface area contributed by atoms with Gasteiger partial charge in [-0.15, -0.1) is 0 Å². The molecule has 0 radical (unpaired) electrons. The number of furan rings is 1. The molecule has 0 aliphatic rings. The van der Waals surface area contributed by atoms with Gasteiger partial charge in [-0.25, -0.2) is 13.4 Å². The van der Waals surface area contributed by atoms with Gasteiger partial charge in [0.15, 0.2) is 4.67 Å². The first-order chi connectivity index (χ1) is 9.96. The molecule has 0 amide bonds. The van der Waals surface area contributed by atoms with Crippen molar-refractivity contribution in [3.05, 3.63) is 34.8 Å². The van der Waals surface area contributed by atoms with E-state index < -0.39 is 16.6 Å². The molecule has 2 aromatic rings. The fraction of sp³-hybridized carbons (Fsp3) is 0.250. The third-order valence-electron chi connectivity index (χ3n) is 2.43. The molecule has 7 nitrogen and oxygen atoms in total. The van der Waals surface area contributed by atoms with Gasteiger partial charge in [-0.2, -0.15) is 0 Å². The second-order valence-electron chi connectivity index (χ2n) is 3.93. The van der Waals surface area contributed by atoms with Gasteiger partial charge in [-0.3, -0.25) is 4.72 Å². The number of hydrogen-bond acceptors (Lipinski definition) is 6. The molecule has 0 aliphatic carbocycles. The molecule has 2 N–H and O–H groups in total. The average molecular weight is 377 g/mol. The number of aromatic nitrogens is 1. The number of nitrogens with one attached hydrogen (secondary N) is 1. The summed E-state index contributed by atoms with van der Waals surface area (Å²) < 4.78 is 37.1. The molecular weight excluding hydrogens is 364 g/mol. The van der Waals surface area contributed by atoms with E-state index in [0.29, 0.717) is 12.5 Å². The molecule has 0 aromatic carbocycles. The van der Waals surface area contributed by atoms with Crippen LogP contribution in [0.25, 0.3) is 0 Å². The highest BCUT2D eigenvalue weighted by Crippen LogP contribution is 2.28. The van der Waals surface area contributed by atoms with E-state index in [2.05, 4.69) is 25.6 Å². The third-order valence-corrected chi connectivity index (χ3v) is 4.67. The highest BCUT2D eigenvalue weighted by atomic mass is 79.9. The van der Waals surface area contributed by atoms with Gasteiger partial charge in [-0.1, -0.05) is 0 Å². The lowest BCUT2D eigenvalue weighted by molar-refractivity contribution is 0.245. The van der Waals surface area contributed by atoms with Crippen LogP contribution in [0.3, 0.4) is 0 Å². The number of ether oxygens (including phenoxy) is 1. The van der Waals surface area contributed by atoms with Crippen LogP contribution in [0, 0.1) is 0 Å². The normalized spacial score (nSPS) is 11.4. The molecule has 21 heavy (non-hydrogen) atoms. The summed E-state index contributed by atoms with van der Waals surface area (Å²) >= 11 is 3.01. The van der Waals surface area contributed by atoms with Crippen LogP contribution >= 0.6 is 15.9 Å². The molecule has 2 heterocycles. The maximum Gasteiger partial charge on any atom is 0.266 e. The molecule has 9 heteroatoms. The minimum Gasteiger partial charge on any atom is -0.478 e. The lowest BCUT2D eigenvalue weighted by Crippen LogP contribution is -2.13. The van der Waals surface area contributed by atoms with E-state index in [4.69, 9.17) is 14.3 Å². The molecule has 2 rings (SSSR count). The van der Waals surface area contributed by atoms with E-state index in [0.717, 1.165) is 0 Å². The van der Waals surface area contributed by atoms with Crippen molar-refractivity contribution in [3.8, 4) is 5.88 Å². The van der Waals surface area contributed by atoms with Crippen molar-refractivity contribution in [1.82, 2.24) is 4.98 Å². The molecule has 0 saturated heterocycles. The Labute approximate surface area is 130 Å². The van der Waals surface area contributed by atoms with Crippen LogP contribution < -0.4 is 9.46 Å². The second-order valence-corrected chi connectivity index (χ2v) is 6.30. The SMILES string of the molecule is CCOc1ccc(NS(=O)(=O)c2cc(CO)oc2Br)cn1. The van der Waals surface area contributed by atoms with Crippen molar-refractivity contribution in [2.24, 2.45) is 0 Å². The van der Waals surface area contributed by atoms with E-state index >= 15 is 0 Å². The smallest absolute Gasteiger partial charge is 0.266 e. The molecule has 0 aliphatic heterocycles. The number of rotatable bonds is 6.